The maximum Gasteiger partial charge on any atom is 0.0899 e. The molecule has 0 N–H and O–H groups in total. The number of hydrogen-bond acceptors (Lipinski definition) is 2. The van der Waals surface area contributed by atoms with E-state index < -0.39 is 0 Å². The molecule has 0 amide bonds. The van der Waals surface area contributed by atoms with Crippen LogP contribution in [0.1, 0.15) is 0 Å². The summed E-state index contributed by atoms with van der Waals surface area (Å²) in [6, 6.07) is 24.6. The number of benzene rings is 3. The zero-order valence-corrected chi connectivity index (χ0v) is 13.9. The van der Waals surface area contributed by atoms with Gasteiger partial charge in [0.1, 0.15) is 0 Å². The van der Waals surface area contributed by atoms with E-state index in [1.54, 1.807) is 0 Å². The molecule has 4 aromatic rings. The Hall–Kier alpha value is -2.52. The molecule has 0 radical (unpaired) electrons. The van der Waals surface area contributed by atoms with Crippen LogP contribution < -0.4 is 0 Å². The zero-order chi connectivity index (χ0) is 15.6. The van der Waals surface area contributed by atoms with Gasteiger partial charge >= 0.3 is 0 Å². The van der Waals surface area contributed by atoms with E-state index >= 15 is 0 Å². The molecule has 3 aromatic carbocycles. The molecule has 4 rings (SSSR count). The highest BCUT2D eigenvalue weighted by atomic mass is 79.9. The van der Waals surface area contributed by atoms with Crippen molar-refractivity contribution in [3.63, 3.8) is 0 Å². The average molecular weight is 361 g/mol. The fourth-order valence-electron chi connectivity index (χ4n) is 2.68. The smallest absolute Gasteiger partial charge is 0.0899 e. The van der Waals surface area contributed by atoms with Crippen LogP contribution in [0.5, 0.6) is 0 Å². The highest BCUT2D eigenvalue weighted by molar-refractivity contribution is 9.10. The van der Waals surface area contributed by atoms with E-state index in [2.05, 4.69) is 51.2 Å². The van der Waals surface area contributed by atoms with Crippen molar-refractivity contribution in [1.82, 2.24) is 9.97 Å². The molecule has 0 aliphatic heterocycles. The molecule has 0 aliphatic carbocycles. The minimum Gasteiger partial charge on any atom is -0.252 e. The van der Waals surface area contributed by atoms with E-state index in [0.717, 1.165) is 32.3 Å². The third-order valence-corrected chi connectivity index (χ3v) is 4.28. The Morgan fingerprint density at radius 2 is 1.43 bits per heavy atom. The van der Waals surface area contributed by atoms with E-state index in [1.807, 2.05) is 48.7 Å². The standard InChI is InChI=1S/C20H13BrN2/c21-15-10-11-16(14-6-2-1-3-7-14)17(12-15)20-13-22-18-8-4-5-9-19(18)23-20/h1-13H. The Morgan fingerprint density at radius 3 is 2.26 bits per heavy atom. The molecule has 3 heteroatoms. The van der Waals surface area contributed by atoms with Crippen LogP contribution in [0.15, 0.2) is 83.5 Å². The Kier molecular flexibility index (Phi) is 3.64. The van der Waals surface area contributed by atoms with Crippen LogP contribution in [0.25, 0.3) is 33.4 Å². The number of rotatable bonds is 2. The van der Waals surface area contributed by atoms with Crippen LogP contribution >= 0.6 is 15.9 Å². The lowest BCUT2D eigenvalue weighted by molar-refractivity contribution is 1.29. The van der Waals surface area contributed by atoms with Crippen molar-refractivity contribution in [3.05, 3.63) is 83.5 Å². The van der Waals surface area contributed by atoms with E-state index in [4.69, 9.17) is 4.98 Å². The summed E-state index contributed by atoms with van der Waals surface area (Å²) in [7, 11) is 0. The van der Waals surface area contributed by atoms with Crippen molar-refractivity contribution in [2.75, 3.05) is 0 Å². The first-order valence-corrected chi connectivity index (χ1v) is 8.18. The summed E-state index contributed by atoms with van der Waals surface area (Å²) < 4.78 is 1.03. The largest absolute Gasteiger partial charge is 0.252 e. The second-order valence-electron chi connectivity index (χ2n) is 5.30. The summed E-state index contributed by atoms with van der Waals surface area (Å²) >= 11 is 3.57. The van der Waals surface area contributed by atoms with Crippen molar-refractivity contribution < 1.29 is 0 Å². The number of para-hydroxylation sites is 2. The van der Waals surface area contributed by atoms with Crippen molar-refractivity contribution in [2.24, 2.45) is 0 Å². The van der Waals surface area contributed by atoms with Gasteiger partial charge in [0.15, 0.2) is 0 Å². The van der Waals surface area contributed by atoms with Gasteiger partial charge in [0.2, 0.25) is 0 Å². The number of halogens is 1. The third-order valence-electron chi connectivity index (χ3n) is 3.79. The summed E-state index contributed by atoms with van der Waals surface area (Å²) in [5.74, 6) is 0. The van der Waals surface area contributed by atoms with Crippen molar-refractivity contribution in [2.45, 2.75) is 0 Å². The van der Waals surface area contributed by atoms with Crippen LogP contribution in [0.4, 0.5) is 0 Å². The van der Waals surface area contributed by atoms with Crippen LogP contribution in [0.3, 0.4) is 0 Å². The number of hydrogen-bond donors (Lipinski definition) is 0. The van der Waals surface area contributed by atoms with Crippen LogP contribution in [-0.2, 0) is 0 Å². The van der Waals surface area contributed by atoms with Crippen LogP contribution in [0, 0.1) is 0 Å². The number of aromatic nitrogens is 2. The lowest BCUT2D eigenvalue weighted by Gasteiger charge is -2.10. The molecule has 0 saturated heterocycles. The van der Waals surface area contributed by atoms with Gasteiger partial charge < -0.3 is 0 Å². The lowest BCUT2D eigenvalue weighted by atomic mass is 9.98. The topological polar surface area (TPSA) is 25.8 Å². The molecule has 23 heavy (non-hydrogen) atoms. The Balaban J connectivity index is 1.94. The molecule has 2 nitrogen and oxygen atoms in total. The minimum absolute atomic E-state index is 0.879. The second-order valence-corrected chi connectivity index (χ2v) is 6.22. The molecule has 1 aromatic heterocycles. The maximum absolute atomic E-state index is 4.79. The summed E-state index contributed by atoms with van der Waals surface area (Å²) in [6.45, 7) is 0. The summed E-state index contributed by atoms with van der Waals surface area (Å²) in [6.07, 6.45) is 1.84. The van der Waals surface area contributed by atoms with E-state index in [1.165, 1.54) is 5.56 Å². The van der Waals surface area contributed by atoms with Gasteiger partial charge in [-0.15, -0.1) is 0 Å². The van der Waals surface area contributed by atoms with Gasteiger partial charge in [0.25, 0.3) is 0 Å². The summed E-state index contributed by atoms with van der Waals surface area (Å²) in [5, 5.41) is 0. The van der Waals surface area contributed by atoms with Gasteiger partial charge in [0, 0.05) is 10.0 Å². The fraction of sp³-hybridized carbons (Fsp3) is 0. The molecule has 0 bridgehead atoms. The summed E-state index contributed by atoms with van der Waals surface area (Å²) in [4.78, 5) is 9.33. The molecule has 0 spiro atoms. The van der Waals surface area contributed by atoms with E-state index in [-0.39, 0.29) is 0 Å². The third kappa shape index (κ3) is 2.76. The monoisotopic (exact) mass is 360 g/mol. The highest BCUT2D eigenvalue weighted by Gasteiger charge is 2.10. The summed E-state index contributed by atoms with van der Waals surface area (Å²) in [5.41, 5.74) is 6.09. The van der Waals surface area contributed by atoms with Gasteiger partial charge in [-0.05, 0) is 35.4 Å². The SMILES string of the molecule is Brc1ccc(-c2ccccc2)c(-c2cnc3ccccc3n2)c1. The maximum atomic E-state index is 4.79. The van der Waals surface area contributed by atoms with Gasteiger partial charge in [-0.3, -0.25) is 4.98 Å². The molecule has 110 valence electrons. The first-order valence-electron chi connectivity index (χ1n) is 7.38. The molecule has 0 atom stereocenters. The number of fused-ring (bicyclic) bond motifs is 1. The first-order chi connectivity index (χ1) is 11.3. The average Bonchev–Trinajstić information content (AvgIpc) is 2.62. The molecule has 1 heterocycles. The Labute approximate surface area is 143 Å². The van der Waals surface area contributed by atoms with Crippen LogP contribution in [-0.4, -0.2) is 9.97 Å². The normalized spacial score (nSPS) is 10.8. The predicted molar refractivity (Wildman–Crippen MR) is 98.1 cm³/mol. The van der Waals surface area contributed by atoms with Gasteiger partial charge in [-0.2, -0.15) is 0 Å². The number of nitrogens with zero attached hydrogens (tertiary/aromatic N) is 2. The highest BCUT2D eigenvalue weighted by Crippen LogP contribution is 2.33. The minimum atomic E-state index is 0.879. The Morgan fingerprint density at radius 1 is 0.696 bits per heavy atom. The lowest BCUT2D eigenvalue weighted by Crippen LogP contribution is -1.91. The second kappa shape index (κ2) is 5.94. The van der Waals surface area contributed by atoms with Gasteiger partial charge in [-0.1, -0.05) is 64.5 Å². The first kappa shape index (κ1) is 14.1. The van der Waals surface area contributed by atoms with Crippen molar-refractivity contribution >= 4 is 27.0 Å². The van der Waals surface area contributed by atoms with E-state index in [0.29, 0.717) is 0 Å². The molecule has 0 unspecified atom stereocenters. The molecule has 0 saturated carbocycles. The van der Waals surface area contributed by atoms with Crippen molar-refractivity contribution in [1.29, 1.82) is 0 Å². The van der Waals surface area contributed by atoms with Gasteiger partial charge in [0.05, 0.1) is 22.9 Å². The fourth-order valence-corrected chi connectivity index (χ4v) is 3.05. The van der Waals surface area contributed by atoms with E-state index in [9.17, 15) is 0 Å². The van der Waals surface area contributed by atoms with Crippen molar-refractivity contribution in [3.8, 4) is 22.4 Å². The van der Waals surface area contributed by atoms with Crippen LogP contribution in [0.2, 0.25) is 0 Å². The molecule has 0 aliphatic rings. The predicted octanol–water partition coefficient (Wildman–Crippen LogP) is 5.73. The molecule has 0 fully saturated rings. The molecular weight excluding hydrogens is 348 g/mol. The molecular formula is C20H13BrN2. The Bertz CT molecular complexity index is 981. The van der Waals surface area contributed by atoms with Gasteiger partial charge in [-0.25, -0.2) is 4.98 Å². The zero-order valence-electron chi connectivity index (χ0n) is 12.3. The quantitative estimate of drug-likeness (QED) is 0.456.